The molecule has 1 heterocycles. The van der Waals surface area contributed by atoms with E-state index in [2.05, 4.69) is 5.32 Å². The third-order valence-electron chi connectivity index (χ3n) is 2.96. The molecule has 1 aromatic rings. The number of phenolic OH excluding ortho intramolecular Hbond substituents is 1. The van der Waals surface area contributed by atoms with E-state index >= 15 is 0 Å². The highest BCUT2D eigenvalue weighted by molar-refractivity contribution is 5.73. The minimum absolute atomic E-state index is 0.227. The van der Waals surface area contributed by atoms with E-state index in [1.165, 1.54) is 0 Å². The summed E-state index contributed by atoms with van der Waals surface area (Å²) in [5.41, 5.74) is 1.11. The highest BCUT2D eigenvalue weighted by Crippen LogP contribution is 2.18. The zero-order chi connectivity index (χ0) is 11.5. The standard InChI is InChI=1S/C12H15NO3/c14-10-4-1-8(2-5-10)7-9-3-6-11(13-9)12(15)16/h1-2,4-5,9,11,13-14H,3,6-7H2,(H,15,16). The lowest BCUT2D eigenvalue weighted by molar-refractivity contribution is -0.139. The fourth-order valence-corrected chi connectivity index (χ4v) is 2.09. The van der Waals surface area contributed by atoms with Gasteiger partial charge in [0.15, 0.2) is 0 Å². The fraction of sp³-hybridized carbons (Fsp3) is 0.417. The molecule has 2 atom stereocenters. The van der Waals surface area contributed by atoms with Crippen molar-refractivity contribution in [2.24, 2.45) is 0 Å². The van der Waals surface area contributed by atoms with Crippen LogP contribution in [-0.4, -0.2) is 28.3 Å². The first kappa shape index (κ1) is 11.0. The number of aromatic hydroxyl groups is 1. The Morgan fingerprint density at radius 1 is 1.31 bits per heavy atom. The molecular formula is C12H15NO3. The lowest BCUT2D eigenvalue weighted by atomic mass is 10.0. The first-order chi connectivity index (χ1) is 7.65. The van der Waals surface area contributed by atoms with Crippen LogP contribution in [-0.2, 0) is 11.2 Å². The summed E-state index contributed by atoms with van der Waals surface area (Å²) in [5, 5.41) is 21.1. The van der Waals surface area contributed by atoms with E-state index in [0.29, 0.717) is 6.42 Å². The molecule has 0 saturated carbocycles. The molecule has 0 aromatic heterocycles. The summed E-state index contributed by atoms with van der Waals surface area (Å²) < 4.78 is 0. The minimum Gasteiger partial charge on any atom is -0.508 e. The van der Waals surface area contributed by atoms with Gasteiger partial charge in [-0.15, -0.1) is 0 Å². The van der Waals surface area contributed by atoms with Crippen LogP contribution < -0.4 is 5.32 Å². The number of rotatable bonds is 3. The molecular weight excluding hydrogens is 206 g/mol. The fourth-order valence-electron chi connectivity index (χ4n) is 2.09. The lowest BCUT2D eigenvalue weighted by Crippen LogP contribution is -2.36. The number of hydrogen-bond donors (Lipinski definition) is 3. The molecule has 1 aromatic carbocycles. The molecule has 2 unspecified atom stereocenters. The second kappa shape index (κ2) is 4.53. The number of carbonyl (C=O) groups is 1. The molecule has 0 radical (unpaired) electrons. The molecule has 86 valence electrons. The Hall–Kier alpha value is -1.55. The maximum absolute atomic E-state index is 10.7. The minimum atomic E-state index is -0.770. The van der Waals surface area contributed by atoms with E-state index < -0.39 is 12.0 Å². The van der Waals surface area contributed by atoms with Crippen LogP contribution in [0.2, 0.25) is 0 Å². The van der Waals surface area contributed by atoms with Gasteiger partial charge in [-0.2, -0.15) is 0 Å². The Kier molecular flexibility index (Phi) is 3.10. The van der Waals surface area contributed by atoms with Crippen molar-refractivity contribution >= 4 is 5.97 Å². The number of phenols is 1. The highest BCUT2D eigenvalue weighted by atomic mass is 16.4. The molecule has 1 aliphatic heterocycles. The largest absolute Gasteiger partial charge is 0.508 e. The van der Waals surface area contributed by atoms with E-state index in [1.54, 1.807) is 12.1 Å². The van der Waals surface area contributed by atoms with Crippen LogP contribution in [0.5, 0.6) is 5.75 Å². The molecule has 0 aliphatic carbocycles. The maximum atomic E-state index is 10.7. The van der Waals surface area contributed by atoms with E-state index in [4.69, 9.17) is 10.2 Å². The van der Waals surface area contributed by atoms with Crippen LogP contribution in [0, 0.1) is 0 Å². The molecule has 1 aliphatic rings. The molecule has 4 nitrogen and oxygen atoms in total. The zero-order valence-corrected chi connectivity index (χ0v) is 8.89. The number of hydrogen-bond acceptors (Lipinski definition) is 3. The molecule has 1 saturated heterocycles. The maximum Gasteiger partial charge on any atom is 0.320 e. The third-order valence-corrected chi connectivity index (χ3v) is 2.96. The van der Waals surface area contributed by atoms with Crippen molar-refractivity contribution in [3.8, 4) is 5.75 Å². The quantitative estimate of drug-likeness (QED) is 0.716. The Labute approximate surface area is 93.9 Å². The van der Waals surface area contributed by atoms with E-state index in [9.17, 15) is 4.79 Å². The number of carboxylic acid groups (broad SMARTS) is 1. The summed E-state index contributed by atoms with van der Waals surface area (Å²) >= 11 is 0. The van der Waals surface area contributed by atoms with Gasteiger partial charge in [-0.05, 0) is 37.0 Å². The second-order valence-electron chi connectivity index (χ2n) is 4.20. The van der Waals surface area contributed by atoms with Gasteiger partial charge in [0.2, 0.25) is 0 Å². The van der Waals surface area contributed by atoms with Gasteiger partial charge in [0.1, 0.15) is 11.8 Å². The molecule has 0 bridgehead atoms. The van der Waals surface area contributed by atoms with Crippen LogP contribution in [0.15, 0.2) is 24.3 Å². The van der Waals surface area contributed by atoms with Crippen molar-refractivity contribution in [3.05, 3.63) is 29.8 Å². The van der Waals surface area contributed by atoms with Crippen molar-refractivity contribution in [1.29, 1.82) is 0 Å². The summed E-state index contributed by atoms with van der Waals surface area (Å²) in [6.45, 7) is 0. The topological polar surface area (TPSA) is 69.6 Å². The van der Waals surface area contributed by atoms with Gasteiger partial charge in [-0.1, -0.05) is 12.1 Å². The first-order valence-electron chi connectivity index (χ1n) is 5.42. The van der Waals surface area contributed by atoms with Gasteiger partial charge in [0, 0.05) is 6.04 Å². The average Bonchev–Trinajstić information content (AvgIpc) is 2.70. The van der Waals surface area contributed by atoms with E-state index in [-0.39, 0.29) is 11.8 Å². The monoisotopic (exact) mass is 221 g/mol. The average molecular weight is 221 g/mol. The van der Waals surface area contributed by atoms with Crippen molar-refractivity contribution in [1.82, 2.24) is 5.32 Å². The summed E-state index contributed by atoms with van der Waals surface area (Å²) in [6, 6.07) is 6.86. The number of aliphatic carboxylic acids is 1. The molecule has 1 fully saturated rings. The van der Waals surface area contributed by atoms with Crippen LogP contribution in [0.3, 0.4) is 0 Å². The number of carboxylic acids is 1. The summed E-state index contributed by atoms with van der Waals surface area (Å²) in [4.78, 5) is 10.7. The Balaban J connectivity index is 1.92. The molecule has 4 heteroatoms. The van der Waals surface area contributed by atoms with Crippen LogP contribution in [0.1, 0.15) is 18.4 Å². The SMILES string of the molecule is O=C(O)C1CCC(Cc2ccc(O)cc2)N1. The normalized spacial score (nSPS) is 24.5. The van der Waals surface area contributed by atoms with Crippen LogP contribution >= 0.6 is 0 Å². The predicted molar refractivity (Wildman–Crippen MR) is 59.4 cm³/mol. The molecule has 2 rings (SSSR count). The van der Waals surface area contributed by atoms with Crippen molar-refractivity contribution < 1.29 is 15.0 Å². The van der Waals surface area contributed by atoms with Gasteiger partial charge >= 0.3 is 5.97 Å². The van der Waals surface area contributed by atoms with E-state index in [1.807, 2.05) is 12.1 Å². The Morgan fingerprint density at radius 2 is 2.00 bits per heavy atom. The Morgan fingerprint density at radius 3 is 2.56 bits per heavy atom. The van der Waals surface area contributed by atoms with Gasteiger partial charge < -0.3 is 15.5 Å². The summed E-state index contributed by atoms with van der Waals surface area (Å²) in [5.74, 6) is -0.514. The predicted octanol–water partition coefficient (Wildman–Crippen LogP) is 1.14. The molecule has 0 spiro atoms. The number of nitrogens with one attached hydrogen (secondary N) is 1. The van der Waals surface area contributed by atoms with Gasteiger partial charge in [0.05, 0.1) is 0 Å². The Bertz CT molecular complexity index is 374. The van der Waals surface area contributed by atoms with Gasteiger partial charge in [-0.25, -0.2) is 0 Å². The van der Waals surface area contributed by atoms with Crippen molar-refractivity contribution in [2.75, 3.05) is 0 Å². The molecule has 16 heavy (non-hydrogen) atoms. The smallest absolute Gasteiger partial charge is 0.320 e. The van der Waals surface area contributed by atoms with Crippen molar-refractivity contribution in [2.45, 2.75) is 31.3 Å². The molecule has 3 N–H and O–H groups in total. The second-order valence-corrected chi connectivity index (χ2v) is 4.20. The first-order valence-corrected chi connectivity index (χ1v) is 5.42. The third kappa shape index (κ3) is 2.52. The molecule has 0 amide bonds. The lowest BCUT2D eigenvalue weighted by Gasteiger charge is -2.11. The van der Waals surface area contributed by atoms with Crippen molar-refractivity contribution in [3.63, 3.8) is 0 Å². The summed E-state index contributed by atoms with van der Waals surface area (Å²) in [6.07, 6.45) is 2.39. The van der Waals surface area contributed by atoms with Crippen LogP contribution in [0.25, 0.3) is 0 Å². The summed E-state index contributed by atoms with van der Waals surface area (Å²) in [7, 11) is 0. The number of benzene rings is 1. The van der Waals surface area contributed by atoms with Gasteiger partial charge in [-0.3, -0.25) is 4.79 Å². The zero-order valence-electron chi connectivity index (χ0n) is 8.89. The van der Waals surface area contributed by atoms with Gasteiger partial charge in [0.25, 0.3) is 0 Å². The highest BCUT2D eigenvalue weighted by Gasteiger charge is 2.28. The van der Waals surface area contributed by atoms with E-state index in [0.717, 1.165) is 18.4 Å². The van der Waals surface area contributed by atoms with Crippen LogP contribution in [0.4, 0.5) is 0 Å².